The van der Waals surface area contributed by atoms with Crippen molar-refractivity contribution in [2.75, 3.05) is 45.2 Å². The molecule has 0 spiro atoms. The van der Waals surface area contributed by atoms with E-state index in [4.69, 9.17) is 4.42 Å². The first-order valence-corrected chi connectivity index (χ1v) is 11.2. The summed E-state index contributed by atoms with van der Waals surface area (Å²) >= 11 is 0. The molecule has 1 aromatic heterocycles. The van der Waals surface area contributed by atoms with Gasteiger partial charge in [-0.05, 0) is 31.8 Å². The number of amides is 1. The van der Waals surface area contributed by atoms with E-state index in [0.29, 0.717) is 19.6 Å². The molecular weight excluding hydrogens is 378 g/mol. The van der Waals surface area contributed by atoms with Gasteiger partial charge in [0.15, 0.2) is 9.84 Å². The number of sulfone groups is 1. The van der Waals surface area contributed by atoms with Crippen LogP contribution >= 0.6 is 0 Å². The van der Waals surface area contributed by atoms with Crippen LogP contribution in [-0.4, -0.2) is 69.4 Å². The topological polar surface area (TPSA) is 82.9 Å². The third-order valence-corrected chi connectivity index (χ3v) is 6.68. The Morgan fingerprint density at radius 1 is 1.14 bits per heavy atom. The van der Waals surface area contributed by atoms with Crippen molar-refractivity contribution in [3.8, 4) is 0 Å². The van der Waals surface area contributed by atoms with E-state index in [0.717, 1.165) is 11.3 Å². The average Bonchev–Trinajstić information content (AvgIpc) is 3.18. The number of carbonyl (C=O) groups is 1. The van der Waals surface area contributed by atoms with E-state index in [1.54, 1.807) is 6.26 Å². The van der Waals surface area contributed by atoms with E-state index in [1.165, 1.54) is 0 Å². The predicted molar refractivity (Wildman–Crippen MR) is 108 cm³/mol. The summed E-state index contributed by atoms with van der Waals surface area (Å²) in [5.41, 5.74) is 0.860. The number of benzene rings is 1. The standard InChI is InChI=1S/C20H27N3O4S/c1-22(2)17(18-9-6-12-27-18)15-21-20(24)19(16-7-4-3-5-8-16)23-10-13-28(25,26)14-11-23/h3-9,12,17,19H,10-11,13-15H2,1-2H3,(H,21,24). The molecule has 2 heterocycles. The molecule has 3 rings (SSSR count). The normalized spacial score (nSPS) is 19.2. The summed E-state index contributed by atoms with van der Waals surface area (Å²) in [5.74, 6) is 0.807. The van der Waals surface area contributed by atoms with Crippen LogP contribution in [0.25, 0.3) is 0 Å². The van der Waals surface area contributed by atoms with Gasteiger partial charge in [0.2, 0.25) is 5.91 Å². The van der Waals surface area contributed by atoms with Crippen molar-refractivity contribution in [1.29, 1.82) is 0 Å². The fourth-order valence-corrected chi connectivity index (χ4v) is 4.69. The van der Waals surface area contributed by atoms with Crippen LogP contribution < -0.4 is 5.32 Å². The molecular formula is C20H27N3O4S. The molecule has 2 aromatic rings. The number of hydrogen-bond donors (Lipinski definition) is 1. The van der Waals surface area contributed by atoms with E-state index in [-0.39, 0.29) is 23.5 Å². The van der Waals surface area contributed by atoms with E-state index in [9.17, 15) is 13.2 Å². The first kappa shape index (κ1) is 20.6. The minimum Gasteiger partial charge on any atom is -0.468 e. The Morgan fingerprint density at radius 3 is 2.39 bits per heavy atom. The van der Waals surface area contributed by atoms with Crippen LogP contribution in [0, 0.1) is 0 Å². The summed E-state index contributed by atoms with van der Waals surface area (Å²) in [7, 11) is 0.852. The maximum Gasteiger partial charge on any atom is 0.242 e. The molecule has 0 bridgehead atoms. The minimum atomic E-state index is -3.02. The molecule has 1 aromatic carbocycles. The van der Waals surface area contributed by atoms with Gasteiger partial charge in [-0.25, -0.2) is 8.42 Å². The molecule has 152 valence electrons. The fraction of sp³-hybridized carbons (Fsp3) is 0.450. The number of rotatable bonds is 7. The van der Waals surface area contributed by atoms with Gasteiger partial charge in [0.1, 0.15) is 11.8 Å². The molecule has 2 unspecified atom stereocenters. The number of nitrogens with one attached hydrogen (secondary N) is 1. The minimum absolute atomic E-state index is 0.0797. The average molecular weight is 406 g/mol. The first-order chi connectivity index (χ1) is 13.4. The maximum absolute atomic E-state index is 13.1. The number of carbonyl (C=O) groups excluding carboxylic acids is 1. The van der Waals surface area contributed by atoms with Crippen molar-refractivity contribution in [3.05, 3.63) is 60.1 Å². The Labute approximate surface area is 166 Å². The summed E-state index contributed by atoms with van der Waals surface area (Å²) in [6.45, 7) is 1.10. The zero-order valence-corrected chi connectivity index (χ0v) is 17.1. The van der Waals surface area contributed by atoms with Gasteiger partial charge in [-0.15, -0.1) is 0 Å². The molecule has 0 saturated carbocycles. The van der Waals surface area contributed by atoms with Crippen molar-refractivity contribution in [2.45, 2.75) is 12.1 Å². The SMILES string of the molecule is CN(C)C(CNC(=O)C(c1ccccc1)N1CCS(=O)(=O)CC1)c1ccco1. The second-order valence-electron chi connectivity index (χ2n) is 7.24. The number of likely N-dealkylation sites (N-methyl/N-ethyl adjacent to an activating group) is 1. The molecule has 7 nitrogen and oxygen atoms in total. The third kappa shape index (κ3) is 5.01. The number of hydrogen-bond acceptors (Lipinski definition) is 6. The smallest absolute Gasteiger partial charge is 0.242 e. The van der Waals surface area contributed by atoms with Crippen molar-refractivity contribution < 1.29 is 17.6 Å². The molecule has 1 saturated heterocycles. The Kier molecular flexibility index (Phi) is 6.53. The second kappa shape index (κ2) is 8.89. The molecule has 1 aliphatic heterocycles. The lowest BCUT2D eigenvalue weighted by atomic mass is 10.0. The molecule has 1 aliphatic rings. The number of nitrogens with zero attached hydrogens (tertiary/aromatic N) is 2. The van der Waals surface area contributed by atoms with Gasteiger partial charge in [-0.3, -0.25) is 14.6 Å². The van der Waals surface area contributed by atoms with Gasteiger partial charge in [-0.2, -0.15) is 0 Å². The van der Waals surface area contributed by atoms with Crippen molar-refractivity contribution in [2.24, 2.45) is 0 Å². The summed E-state index contributed by atoms with van der Waals surface area (Å²) in [6, 6.07) is 12.6. The Morgan fingerprint density at radius 2 is 1.82 bits per heavy atom. The lowest BCUT2D eigenvalue weighted by Gasteiger charge is -2.34. The lowest BCUT2D eigenvalue weighted by Crippen LogP contribution is -2.48. The highest BCUT2D eigenvalue weighted by Gasteiger charge is 2.33. The Bertz CT molecular complexity index is 852. The molecule has 0 radical (unpaired) electrons. The van der Waals surface area contributed by atoms with E-state index in [1.807, 2.05) is 66.4 Å². The first-order valence-electron chi connectivity index (χ1n) is 9.34. The molecule has 1 N–H and O–H groups in total. The highest BCUT2D eigenvalue weighted by Crippen LogP contribution is 2.24. The Balaban J connectivity index is 1.75. The van der Waals surface area contributed by atoms with Gasteiger partial charge in [-0.1, -0.05) is 30.3 Å². The van der Waals surface area contributed by atoms with Crippen LogP contribution in [0.15, 0.2) is 53.1 Å². The highest BCUT2D eigenvalue weighted by atomic mass is 32.2. The molecule has 1 fully saturated rings. The highest BCUT2D eigenvalue weighted by molar-refractivity contribution is 7.91. The van der Waals surface area contributed by atoms with Crippen LogP contribution in [0.4, 0.5) is 0 Å². The molecule has 28 heavy (non-hydrogen) atoms. The zero-order valence-electron chi connectivity index (χ0n) is 16.2. The van der Waals surface area contributed by atoms with Crippen LogP contribution in [0.3, 0.4) is 0 Å². The maximum atomic E-state index is 13.1. The van der Waals surface area contributed by atoms with Gasteiger partial charge in [0.05, 0.1) is 23.8 Å². The van der Waals surface area contributed by atoms with Crippen molar-refractivity contribution in [1.82, 2.24) is 15.1 Å². The summed E-state index contributed by atoms with van der Waals surface area (Å²) < 4.78 is 29.1. The van der Waals surface area contributed by atoms with Crippen molar-refractivity contribution >= 4 is 15.7 Å². The van der Waals surface area contributed by atoms with Crippen LogP contribution in [0.1, 0.15) is 23.4 Å². The van der Waals surface area contributed by atoms with Crippen LogP contribution in [0.5, 0.6) is 0 Å². The van der Waals surface area contributed by atoms with Crippen LogP contribution in [-0.2, 0) is 14.6 Å². The van der Waals surface area contributed by atoms with Crippen molar-refractivity contribution in [3.63, 3.8) is 0 Å². The van der Waals surface area contributed by atoms with E-state index >= 15 is 0 Å². The third-order valence-electron chi connectivity index (χ3n) is 5.07. The Hall–Kier alpha value is -2.16. The second-order valence-corrected chi connectivity index (χ2v) is 9.54. The number of furan rings is 1. The quantitative estimate of drug-likeness (QED) is 0.751. The largest absolute Gasteiger partial charge is 0.468 e. The van der Waals surface area contributed by atoms with Gasteiger partial charge >= 0.3 is 0 Å². The zero-order chi connectivity index (χ0) is 20.1. The summed E-state index contributed by atoms with van der Waals surface area (Å²) in [4.78, 5) is 17.1. The molecule has 2 atom stereocenters. The summed E-state index contributed by atoms with van der Waals surface area (Å²) in [6.07, 6.45) is 1.62. The summed E-state index contributed by atoms with van der Waals surface area (Å²) in [5, 5.41) is 3.04. The van der Waals surface area contributed by atoms with Gasteiger partial charge in [0, 0.05) is 19.6 Å². The molecule has 8 heteroatoms. The van der Waals surface area contributed by atoms with E-state index < -0.39 is 15.9 Å². The van der Waals surface area contributed by atoms with Gasteiger partial charge in [0.25, 0.3) is 0 Å². The predicted octanol–water partition coefficient (Wildman–Crippen LogP) is 1.47. The monoisotopic (exact) mass is 405 g/mol. The molecule has 1 amide bonds. The van der Waals surface area contributed by atoms with Gasteiger partial charge < -0.3 is 9.73 Å². The lowest BCUT2D eigenvalue weighted by molar-refractivity contribution is -0.126. The fourth-order valence-electron chi connectivity index (χ4n) is 3.46. The van der Waals surface area contributed by atoms with Crippen LogP contribution in [0.2, 0.25) is 0 Å². The molecule has 0 aliphatic carbocycles. The van der Waals surface area contributed by atoms with E-state index in [2.05, 4.69) is 5.32 Å².